The highest BCUT2D eigenvalue weighted by Gasteiger charge is 2.38. The lowest BCUT2D eigenvalue weighted by Gasteiger charge is -2.24. The molecule has 116 valence electrons. The van der Waals surface area contributed by atoms with Gasteiger partial charge in [0, 0.05) is 23.7 Å². The van der Waals surface area contributed by atoms with Gasteiger partial charge in [-0.15, -0.1) is 0 Å². The van der Waals surface area contributed by atoms with Crippen LogP contribution in [-0.2, 0) is 6.54 Å². The topological polar surface area (TPSA) is 38.5 Å². The number of thiocarbonyl (C=S) groups is 1. The van der Waals surface area contributed by atoms with Gasteiger partial charge in [-0.25, -0.2) is 0 Å². The van der Waals surface area contributed by atoms with Crippen molar-refractivity contribution in [3.63, 3.8) is 0 Å². The number of halogens is 3. The van der Waals surface area contributed by atoms with E-state index >= 15 is 0 Å². The van der Waals surface area contributed by atoms with Gasteiger partial charge < -0.3 is 10.5 Å². The van der Waals surface area contributed by atoms with Crippen molar-refractivity contribution in [2.24, 2.45) is 5.73 Å². The van der Waals surface area contributed by atoms with Crippen LogP contribution < -0.4 is 10.5 Å². The van der Waals surface area contributed by atoms with E-state index in [1.54, 1.807) is 18.2 Å². The second-order valence-corrected chi connectivity index (χ2v) is 5.58. The van der Waals surface area contributed by atoms with E-state index in [0.29, 0.717) is 16.9 Å². The number of nitrogens with two attached hydrogens (primary N) is 1. The molecular weight excluding hydrogens is 301 g/mol. The molecular formula is C14H17F3N2OS. The third-order valence-electron chi connectivity index (χ3n) is 3.38. The molecule has 0 radical (unpaired) electrons. The first kappa shape index (κ1) is 16.0. The SMILES string of the molecule is COc1ccc(C(N)=S)cc1CN(CC(F)(F)F)C1CC1. The minimum absolute atomic E-state index is 0.00943. The predicted octanol–water partition coefficient (Wildman–Crippen LogP) is 2.86. The summed E-state index contributed by atoms with van der Waals surface area (Å²) in [6.45, 7) is -0.748. The fourth-order valence-corrected chi connectivity index (χ4v) is 2.39. The molecule has 1 aliphatic rings. The van der Waals surface area contributed by atoms with Gasteiger partial charge in [-0.3, -0.25) is 4.90 Å². The van der Waals surface area contributed by atoms with Crippen LogP contribution in [0.4, 0.5) is 13.2 Å². The molecule has 1 saturated carbocycles. The Morgan fingerprint density at radius 2 is 2.10 bits per heavy atom. The van der Waals surface area contributed by atoms with Crippen LogP contribution in [0.3, 0.4) is 0 Å². The summed E-state index contributed by atoms with van der Waals surface area (Å²) in [6.07, 6.45) is -2.61. The third-order valence-corrected chi connectivity index (χ3v) is 3.62. The zero-order chi connectivity index (χ0) is 15.6. The van der Waals surface area contributed by atoms with E-state index in [9.17, 15) is 13.2 Å². The van der Waals surface area contributed by atoms with Crippen molar-refractivity contribution >= 4 is 17.2 Å². The fraction of sp³-hybridized carbons (Fsp3) is 0.500. The van der Waals surface area contributed by atoms with Crippen molar-refractivity contribution in [1.29, 1.82) is 0 Å². The molecule has 0 atom stereocenters. The average molecular weight is 318 g/mol. The van der Waals surface area contributed by atoms with E-state index in [1.165, 1.54) is 12.0 Å². The Kier molecular flexibility index (Phi) is 4.73. The quantitative estimate of drug-likeness (QED) is 0.819. The smallest absolute Gasteiger partial charge is 0.401 e. The lowest BCUT2D eigenvalue weighted by molar-refractivity contribution is -0.148. The van der Waals surface area contributed by atoms with Crippen molar-refractivity contribution in [3.8, 4) is 5.75 Å². The zero-order valence-electron chi connectivity index (χ0n) is 11.6. The van der Waals surface area contributed by atoms with Crippen LogP contribution in [0.2, 0.25) is 0 Å². The standard InChI is InChI=1S/C14H17F3N2OS/c1-20-12-5-2-9(13(18)21)6-10(12)7-19(11-3-4-11)8-14(15,16)17/h2,5-6,11H,3-4,7-8H2,1H3,(H2,18,21). The number of ether oxygens (including phenoxy) is 1. The third kappa shape index (κ3) is 4.57. The molecule has 0 spiro atoms. The minimum Gasteiger partial charge on any atom is -0.496 e. The second kappa shape index (κ2) is 6.19. The largest absolute Gasteiger partial charge is 0.496 e. The van der Waals surface area contributed by atoms with Crippen LogP contribution in [0.15, 0.2) is 18.2 Å². The van der Waals surface area contributed by atoms with Gasteiger partial charge in [0.25, 0.3) is 0 Å². The van der Waals surface area contributed by atoms with E-state index in [2.05, 4.69) is 0 Å². The molecule has 0 aliphatic heterocycles. The number of nitrogens with zero attached hydrogens (tertiary/aromatic N) is 1. The summed E-state index contributed by atoms with van der Waals surface area (Å²) in [5.74, 6) is 0.544. The maximum Gasteiger partial charge on any atom is 0.401 e. The van der Waals surface area contributed by atoms with E-state index in [1.807, 2.05) is 0 Å². The molecule has 2 rings (SSSR count). The highest BCUT2D eigenvalue weighted by Crippen LogP contribution is 2.33. The van der Waals surface area contributed by atoms with Crippen LogP contribution in [0, 0.1) is 0 Å². The Morgan fingerprint density at radius 1 is 1.43 bits per heavy atom. The molecule has 0 aromatic heterocycles. The van der Waals surface area contributed by atoms with Gasteiger partial charge in [-0.1, -0.05) is 12.2 Å². The van der Waals surface area contributed by atoms with Crippen molar-refractivity contribution < 1.29 is 17.9 Å². The van der Waals surface area contributed by atoms with Gasteiger partial charge in [-0.2, -0.15) is 13.2 Å². The Balaban J connectivity index is 2.22. The molecule has 1 aromatic rings. The molecule has 0 heterocycles. The Labute approximate surface area is 126 Å². The van der Waals surface area contributed by atoms with Crippen molar-refractivity contribution in [3.05, 3.63) is 29.3 Å². The van der Waals surface area contributed by atoms with Crippen LogP contribution >= 0.6 is 12.2 Å². The summed E-state index contributed by atoms with van der Waals surface area (Å²) < 4.78 is 43.2. The summed E-state index contributed by atoms with van der Waals surface area (Å²) in [4.78, 5) is 1.65. The minimum atomic E-state index is -4.21. The summed E-state index contributed by atoms with van der Waals surface area (Å²) in [7, 11) is 1.49. The second-order valence-electron chi connectivity index (χ2n) is 5.14. The lowest BCUT2D eigenvalue weighted by Crippen LogP contribution is -2.35. The van der Waals surface area contributed by atoms with Gasteiger partial charge in [0.05, 0.1) is 13.7 Å². The number of hydrogen-bond acceptors (Lipinski definition) is 3. The molecule has 21 heavy (non-hydrogen) atoms. The molecule has 1 aromatic carbocycles. The van der Waals surface area contributed by atoms with E-state index in [-0.39, 0.29) is 17.6 Å². The fourth-order valence-electron chi connectivity index (χ4n) is 2.26. The van der Waals surface area contributed by atoms with Gasteiger partial charge in [0.15, 0.2) is 0 Å². The lowest BCUT2D eigenvalue weighted by atomic mass is 10.1. The van der Waals surface area contributed by atoms with E-state index < -0.39 is 12.7 Å². The molecule has 3 nitrogen and oxygen atoms in total. The van der Waals surface area contributed by atoms with Crippen molar-refractivity contribution in [1.82, 2.24) is 4.90 Å². The van der Waals surface area contributed by atoms with Crippen LogP contribution in [0.25, 0.3) is 0 Å². The number of hydrogen-bond donors (Lipinski definition) is 1. The highest BCUT2D eigenvalue weighted by molar-refractivity contribution is 7.80. The predicted molar refractivity (Wildman–Crippen MR) is 78.4 cm³/mol. The summed E-state index contributed by atoms with van der Waals surface area (Å²) in [5.41, 5.74) is 6.87. The summed E-state index contributed by atoms with van der Waals surface area (Å²) in [5, 5.41) is 0. The van der Waals surface area contributed by atoms with Gasteiger partial charge in [0.2, 0.25) is 0 Å². The average Bonchev–Trinajstić information content (AvgIpc) is 3.20. The number of alkyl halides is 3. The first-order valence-electron chi connectivity index (χ1n) is 6.57. The van der Waals surface area contributed by atoms with Crippen LogP contribution in [0.5, 0.6) is 5.75 Å². The normalized spacial score (nSPS) is 15.3. The number of benzene rings is 1. The Morgan fingerprint density at radius 3 is 2.57 bits per heavy atom. The van der Waals surface area contributed by atoms with Crippen LogP contribution in [-0.4, -0.2) is 35.8 Å². The van der Waals surface area contributed by atoms with Crippen molar-refractivity contribution in [2.75, 3.05) is 13.7 Å². The van der Waals surface area contributed by atoms with Gasteiger partial charge in [-0.05, 0) is 31.0 Å². The molecule has 0 bridgehead atoms. The Bertz CT molecular complexity index is 529. The first-order valence-corrected chi connectivity index (χ1v) is 6.98. The van der Waals surface area contributed by atoms with Gasteiger partial charge >= 0.3 is 6.18 Å². The molecule has 0 amide bonds. The molecule has 7 heteroatoms. The molecule has 0 saturated heterocycles. The highest BCUT2D eigenvalue weighted by atomic mass is 32.1. The molecule has 1 aliphatic carbocycles. The van der Waals surface area contributed by atoms with Gasteiger partial charge in [0.1, 0.15) is 10.7 Å². The van der Waals surface area contributed by atoms with Crippen molar-refractivity contribution in [2.45, 2.75) is 31.6 Å². The molecule has 1 fully saturated rings. The van der Waals surface area contributed by atoms with E-state index in [0.717, 1.165) is 12.8 Å². The maximum atomic E-state index is 12.7. The Hall–Kier alpha value is -1.34. The number of methoxy groups -OCH3 is 1. The first-order chi connectivity index (χ1) is 9.80. The zero-order valence-corrected chi connectivity index (χ0v) is 12.4. The monoisotopic (exact) mass is 318 g/mol. The maximum absolute atomic E-state index is 12.7. The van der Waals surface area contributed by atoms with Crippen LogP contribution in [0.1, 0.15) is 24.0 Å². The molecule has 0 unspecified atom stereocenters. The number of rotatable bonds is 6. The summed E-state index contributed by atoms with van der Waals surface area (Å²) in [6, 6.07) is 5.08. The summed E-state index contributed by atoms with van der Waals surface area (Å²) >= 11 is 4.91. The van der Waals surface area contributed by atoms with E-state index in [4.69, 9.17) is 22.7 Å². The molecule has 2 N–H and O–H groups in total.